The average molecular weight is 237 g/mol. The quantitative estimate of drug-likeness (QED) is 0.836. The topological polar surface area (TPSA) is 75.6 Å². The highest BCUT2D eigenvalue weighted by atomic mass is 16.5. The molecule has 1 amide bonds. The smallest absolute Gasteiger partial charge is 0.408 e. The zero-order chi connectivity index (χ0) is 12.9. The molecule has 1 rings (SSSR count). The molecule has 0 aliphatic heterocycles. The molecule has 92 valence electrons. The molecule has 1 aromatic carbocycles. The van der Waals surface area contributed by atoms with E-state index >= 15 is 0 Å². The Morgan fingerprint density at radius 1 is 1.35 bits per heavy atom. The Morgan fingerprint density at radius 2 is 1.94 bits per heavy atom. The number of amides is 1. The monoisotopic (exact) mass is 237 g/mol. The molecule has 0 heterocycles. The molecule has 5 heteroatoms. The summed E-state index contributed by atoms with van der Waals surface area (Å²) < 4.78 is 4.47. The summed E-state index contributed by atoms with van der Waals surface area (Å²) in [7, 11) is 1.20. The number of ether oxygens (including phenoxy) is 1. The van der Waals surface area contributed by atoms with Gasteiger partial charge in [-0.25, -0.2) is 9.59 Å². The molecule has 0 saturated heterocycles. The van der Waals surface area contributed by atoms with Gasteiger partial charge in [0.15, 0.2) is 5.54 Å². The van der Waals surface area contributed by atoms with Crippen LogP contribution in [0.15, 0.2) is 30.3 Å². The van der Waals surface area contributed by atoms with E-state index in [9.17, 15) is 14.7 Å². The van der Waals surface area contributed by atoms with Crippen LogP contribution in [0.2, 0.25) is 0 Å². The predicted molar refractivity (Wildman–Crippen MR) is 61.6 cm³/mol. The maximum Gasteiger partial charge on any atom is 0.408 e. The van der Waals surface area contributed by atoms with E-state index in [1.807, 2.05) is 0 Å². The molecule has 1 atom stereocenters. The highest BCUT2D eigenvalue weighted by Crippen LogP contribution is 2.25. The Hall–Kier alpha value is -2.04. The van der Waals surface area contributed by atoms with Gasteiger partial charge in [0.2, 0.25) is 0 Å². The summed E-state index contributed by atoms with van der Waals surface area (Å²) >= 11 is 0. The van der Waals surface area contributed by atoms with Crippen LogP contribution in [0.25, 0.3) is 0 Å². The van der Waals surface area contributed by atoms with E-state index in [1.54, 1.807) is 37.3 Å². The van der Waals surface area contributed by atoms with E-state index in [0.29, 0.717) is 5.56 Å². The summed E-state index contributed by atoms with van der Waals surface area (Å²) in [6, 6.07) is 8.55. The fourth-order valence-corrected chi connectivity index (χ4v) is 1.64. The molecular weight excluding hydrogens is 222 g/mol. The van der Waals surface area contributed by atoms with Gasteiger partial charge in [-0.3, -0.25) is 0 Å². The van der Waals surface area contributed by atoms with Gasteiger partial charge >= 0.3 is 12.1 Å². The molecule has 2 N–H and O–H groups in total. The van der Waals surface area contributed by atoms with Crippen molar-refractivity contribution in [2.45, 2.75) is 18.9 Å². The maximum atomic E-state index is 11.4. The van der Waals surface area contributed by atoms with Gasteiger partial charge in [-0.2, -0.15) is 0 Å². The number of carboxylic acid groups (broad SMARTS) is 1. The van der Waals surface area contributed by atoms with Gasteiger partial charge in [0, 0.05) is 0 Å². The number of carbonyl (C=O) groups is 2. The second-order valence-corrected chi connectivity index (χ2v) is 3.55. The third kappa shape index (κ3) is 2.55. The van der Waals surface area contributed by atoms with E-state index in [0.717, 1.165) is 0 Å². The van der Waals surface area contributed by atoms with Crippen LogP contribution in [-0.4, -0.2) is 24.3 Å². The van der Waals surface area contributed by atoms with Crippen molar-refractivity contribution in [1.29, 1.82) is 0 Å². The SMILES string of the molecule is CCC(NC(=O)OC)(C(=O)O)c1ccccc1. The Bertz CT molecular complexity index is 404. The molecule has 0 fully saturated rings. The van der Waals surface area contributed by atoms with Gasteiger partial charge in [0.25, 0.3) is 0 Å². The van der Waals surface area contributed by atoms with Crippen molar-refractivity contribution in [3.05, 3.63) is 35.9 Å². The summed E-state index contributed by atoms with van der Waals surface area (Å²) in [5.74, 6) is -1.11. The minimum atomic E-state index is -1.45. The second kappa shape index (κ2) is 5.34. The van der Waals surface area contributed by atoms with Crippen molar-refractivity contribution in [2.24, 2.45) is 0 Å². The first kappa shape index (κ1) is 13.0. The molecule has 0 aromatic heterocycles. The van der Waals surface area contributed by atoms with E-state index in [1.165, 1.54) is 7.11 Å². The molecule has 17 heavy (non-hydrogen) atoms. The number of benzene rings is 1. The Labute approximate surface area is 99.4 Å². The highest BCUT2D eigenvalue weighted by Gasteiger charge is 2.40. The van der Waals surface area contributed by atoms with Crippen LogP contribution in [0, 0.1) is 0 Å². The summed E-state index contributed by atoms with van der Waals surface area (Å²) in [5.41, 5.74) is -0.936. The predicted octanol–water partition coefficient (Wildman–Crippen LogP) is 1.73. The molecule has 0 aliphatic carbocycles. The van der Waals surface area contributed by atoms with Crippen LogP contribution in [0.1, 0.15) is 18.9 Å². The van der Waals surface area contributed by atoms with E-state index in [-0.39, 0.29) is 6.42 Å². The molecule has 5 nitrogen and oxygen atoms in total. The van der Waals surface area contributed by atoms with Crippen molar-refractivity contribution in [3.63, 3.8) is 0 Å². The molecule has 0 spiro atoms. The molecule has 1 aromatic rings. The van der Waals surface area contributed by atoms with Gasteiger partial charge in [-0.1, -0.05) is 37.3 Å². The van der Waals surface area contributed by atoms with Gasteiger partial charge < -0.3 is 15.2 Å². The average Bonchev–Trinajstić information content (AvgIpc) is 2.36. The lowest BCUT2D eigenvalue weighted by Crippen LogP contribution is -2.51. The fraction of sp³-hybridized carbons (Fsp3) is 0.333. The zero-order valence-electron chi connectivity index (χ0n) is 9.77. The Morgan fingerprint density at radius 3 is 2.35 bits per heavy atom. The van der Waals surface area contributed by atoms with Crippen LogP contribution in [-0.2, 0) is 15.1 Å². The maximum absolute atomic E-state index is 11.4. The number of alkyl carbamates (subject to hydrolysis) is 1. The number of nitrogens with one attached hydrogen (secondary N) is 1. The van der Waals surface area contributed by atoms with Crippen molar-refractivity contribution < 1.29 is 19.4 Å². The molecule has 0 radical (unpaired) electrons. The zero-order valence-corrected chi connectivity index (χ0v) is 9.77. The fourth-order valence-electron chi connectivity index (χ4n) is 1.64. The van der Waals surface area contributed by atoms with E-state index in [4.69, 9.17) is 0 Å². The van der Waals surface area contributed by atoms with Crippen molar-refractivity contribution in [1.82, 2.24) is 5.32 Å². The van der Waals surface area contributed by atoms with Gasteiger partial charge in [-0.05, 0) is 12.0 Å². The van der Waals surface area contributed by atoms with Crippen LogP contribution in [0.4, 0.5) is 4.79 Å². The Kier molecular flexibility index (Phi) is 4.09. The number of carbonyl (C=O) groups excluding carboxylic acids is 1. The third-order valence-corrected chi connectivity index (χ3v) is 2.66. The number of hydrogen-bond donors (Lipinski definition) is 2. The number of hydrogen-bond acceptors (Lipinski definition) is 3. The Balaban J connectivity index is 3.18. The second-order valence-electron chi connectivity index (χ2n) is 3.55. The lowest BCUT2D eigenvalue weighted by atomic mass is 9.87. The first-order chi connectivity index (χ1) is 8.06. The van der Waals surface area contributed by atoms with Gasteiger partial charge in [0.05, 0.1) is 7.11 Å². The van der Waals surface area contributed by atoms with E-state index in [2.05, 4.69) is 10.1 Å². The minimum absolute atomic E-state index is 0.224. The van der Waals surface area contributed by atoms with Crippen LogP contribution >= 0.6 is 0 Å². The minimum Gasteiger partial charge on any atom is -0.479 e. The summed E-state index contributed by atoms with van der Waals surface area (Å²) in [4.78, 5) is 22.7. The largest absolute Gasteiger partial charge is 0.479 e. The summed E-state index contributed by atoms with van der Waals surface area (Å²) in [6.45, 7) is 1.69. The number of rotatable bonds is 4. The normalized spacial score (nSPS) is 13.5. The first-order valence-corrected chi connectivity index (χ1v) is 5.22. The van der Waals surface area contributed by atoms with Gasteiger partial charge in [0.1, 0.15) is 0 Å². The van der Waals surface area contributed by atoms with Crippen LogP contribution in [0.3, 0.4) is 0 Å². The summed E-state index contributed by atoms with van der Waals surface area (Å²) in [6.07, 6.45) is -0.542. The molecule has 0 aliphatic rings. The molecule has 1 unspecified atom stereocenters. The van der Waals surface area contributed by atoms with Crippen LogP contribution < -0.4 is 5.32 Å². The third-order valence-electron chi connectivity index (χ3n) is 2.66. The number of carboxylic acids is 1. The van der Waals surface area contributed by atoms with Crippen molar-refractivity contribution in [2.75, 3.05) is 7.11 Å². The van der Waals surface area contributed by atoms with Gasteiger partial charge in [-0.15, -0.1) is 0 Å². The highest BCUT2D eigenvalue weighted by molar-refractivity contribution is 5.85. The van der Waals surface area contributed by atoms with Crippen molar-refractivity contribution >= 4 is 12.1 Å². The number of aliphatic carboxylic acids is 1. The standard InChI is InChI=1S/C12H15NO4/c1-3-12(10(14)15,13-11(16)17-2)9-7-5-4-6-8-9/h4-8H,3H2,1-2H3,(H,13,16)(H,14,15). The number of methoxy groups -OCH3 is 1. The first-order valence-electron chi connectivity index (χ1n) is 5.22. The lowest BCUT2D eigenvalue weighted by Gasteiger charge is -2.29. The lowest BCUT2D eigenvalue weighted by molar-refractivity contribution is -0.145. The molecule has 0 bridgehead atoms. The summed E-state index contributed by atoms with van der Waals surface area (Å²) in [5, 5.41) is 11.7. The van der Waals surface area contributed by atoms with Crippen LogP contribution in [0.5, 0.6) is 0 Å². The van der Waals surface area contributed by atoms with E-state index < -0.39 is 17.6 Å². The molecule has 0 saturated carbocycles. The molecular formula is C12H15NO4. The van der Waals surface area contributed by atoms with Crippen molar-refractivity contribution in [3.8, 4) is 0 Å².